The highest BCUT2D eigenvalue weighted by atomic mass is 79.9. The number of ether oxygens (including phenoxy) is 1. The summed E-state index contributed by atoms with van der Waals surface area (Å²) < 4.78 is 6.76. The van der Waals surface area contributed by atoms with E-state index < -0.39 is 23.5 Å². The van der Waals surface area contributed by atoms with E-state index in [1.807, 2.05) is 91.0 Å². The van der Waals surface area contributed by atoms with Crippen LogP contribution >= 0.6 is 43.6 Å². The van der Waals surface area contributed by atoms with Crippen molar-refractivity contribution in [1.82, 2.24) is 10.2 Å². The number of rotatable bonds is 8. The number of esters is 1. The van der Waals surface area contributed by atoms with Gasteiger partial charge in [-0.05, 0) is 60.2 Å². The van der Waals surface area contributed by atoms with Crippen molar-refractivity contribution in [3.63, 3.8) is 0 Å². The summed E-state index contributed by atoms with van der Waals surface area (Å²) in [4.78, 5) is 41.3. The maximum atomic E-state index is 13.8. The normalized spacial score (nSPS) is 18.2. The van der Waals surface area contributed by atoms with Crippen LogP contribution in [-0.2, 0) is 25.5 Å². The van der Waals surface area contributed by atoms with Crippen LogP contribution < -0.4 is 5.32 Å². The van der Waals surface area contributed by atoms with Crippen molar-refractivity contribution in [3.05, 3.63) is 128 Å². The van der Waals surface area contributed by atoms with Crippen molar-refractivity contribution < 1.29 is 19.1 Å². The van der Waals surface area contributed by atoms with Crippen LogP contribution in [-0.4, -0.2) is 39.9 Å². The molecular weight excluding hydrogens is 644 g/mol. The fraction of sp³-hybridized carbons (Fsp3) is 0.167. The van der Waals surface area contributed by atoms with E-state index >= 15 is 0 Å². The topological polar surface area (TPSA) is 75.7 Å². The van der Waals surface area contributed by atoms with E-state index in [0.29, 0.717) is 14.7 Å². The number of halogens is 2. The summed E-state index contributed by atoms with van der Waals surface area (Å²) in [5, 5.41) is 2.46. The number of amides is 2. The summed E-state index contributed by atoms with van der Waals surface area (Å²) in [5.74, 6) is -0.720. The van der Waals surface area contributed by atoms with Crippen LogP contribution in [0.15, 0.2) is 112 Å². The molecule has 2 aliphatic rings. The third-order valence-corrected chi connectivity index (χ3v) is 8.19. The van der Waals surface area contributed by atoms with Crippen LogP contribution in [0.25, 0.3) is 0 Å². The lowest BCUT2D eigenvalue weighted by atomic mass is 10.0. The molecule has 5 rings (SSSR count). The molecule has 2 amide bonds. The van der Waals surface area contributed by atoms with Crippen molar-refractivity contribution in [3.8, 4) is 0 Å². The number of fused-ring (bicyclic) bond motifs is 1. The molecule has 1 unspecified atom stereocenters. The van der Waals surface area contributed by atoms with Gasteiger partial charge >= 0.3 is 5.97 Å². The maximum absolute atomic E-state index is 13.8. The highest BCUT2D eigenvalue weighted by Crippen LogP contribution is 2.42. The molecule has 0 bridgehead atoms. The Balaban J connectivity index is 1.40. The molecule has 0 saturated carbocycles. The molecule has 1 fully saturated rings. The van der Waals surface area contributed by atoms with Crippen LogP contribution in [0.5, 0.6) is 0 Å². The van der Waals surface area contributed by atoms with E-state index in [4.69, 9.17) is 4.74 Å². The van der Waals surface area contributed by atoms with Crippen molar-refractivity contribution in [1.29, 1.82) is 0 Å². The van der Waals surface area contributed by atoms with Crippen molar-refractivity contribution in [2.75, 3.05) is 5.75 Å². The van der Waals surface area contributed by atoms with Gasteiger partial charge in [0.2, 0.25) is 5.91 Å². The number of benzene rings is 3. The first-order valence-corrected chi connectivity index (χ1v) is 14.9. The number of hydrogen-bond acceptors (Lipinski definition) is 5. The number of nitrogens with one attached hydrogen (secondary N) is 1. The summed E-state index contributed by atoms with van der Waals surface area (Å²) in [6.45, 7) is 0. The lowest BCUT2D eigenvalue weighted by Gasteiger charge is -2.49. The average Bonchev–Trinajstić information content (AvgIpc) is 2.95. The standard InChI is InChI=1S/C30H24Br2N2O4S/c31-23(32)17-22-18-39-29-25(33-24(35)16-19-10-4-1-5-11-19)28(36)34(29)26(22)30(37)38-27(20-12-6-2-7-13-20)21-14-8-3-9-15-21/h1-15,17,25,27,29H,16,18H2,(H,33,35)/t25?,29-/m1/s1. The van der Waals surface area contributed by atoms with E-state index in [1.54, 1.807) is 6.08 Å². The minimum atomic E-state index is -0.717. The summed E-state index contributed by atoms with van der Waals surface area (Å²) in [6.07, 6.45) is 1.28. The quantitative estimate of drug-likeness (QED) is 0.241. The molecule has 2 heterocycles. The Morgan fingerprint density at radius 2 is 1.51 bits per heavy atom. The molecule has 0 aromatic heterocycles. The first kappa shape index (κ1) is 27.4. The number of hydrogen-bond donors (Lipinski definition) is 1. The second-order valence-electron chi connectivity index (χ2n) is 9.03. The molecule has 2 aliphatic heterocycles. The Morgan fingerprint density at radius 3 is 2.08 bits per heavy atom. The number of nitrogens with zero attached hydrogens (tertiary/aromatic N) is 1. The fourth-order valence-electron chi connectivity index (χ4n) is 4.63. The van der Waals surface area contributed by atoms with Crippen LogP contribution in [0.2, 0.25) is 0 Å². The zero-order valence-electron chi connectivity index (χ0n) is 20.6. The zero-order chi connectivity index (χ0) is 27.4. The van der Waals surface area contributed by atoms with Gasteiger partial charge in [0.1, 0.15) is 17.1 Å². The van der Waals surface area contributed by atoms with Gasteiger partial charge in [-0.3, -0.25) is 14.5 Å². The second-order valence-corrected chi connectivity index (χ2v) is 12.9. The Bertz CT molecular complexity index is 1390. The van der Waals surface area contributed by atoms with Crippen molar-refractivity contribution in [2.45, 2.75) is 23.9 Å². The van der Waals surface area contributed by atoms with Crippen LogP contribution in [0.1, 0.15) is 22.8 Å². The van der Waals surface area contributed by atoms with Gasteiger partial charge in [0.25, 0.3) is 5.91 Å². The summed E-state index contributed by atoms with van der Waals surface area (Å²) >= 11 is 8.25. The Morgan fingerprint density at radius 1 is 0.949 bits per heavy atom. The highest BCUT2D eigenvalue weighted by Gasteiger charge is 2.54. The summed E-state index contributed by atoms with van der Waals surface area (Å²) in [5.41, 5.74) is 3.33. The first-order valence-electron chi connectivity index (χ1n) is 12.3. The van der Waals surface area contributed by atoms with E-state index in [1.165, 1.54) is 16.7 Å². The van der Waals surface area contributed by atoms with E-state index in [2.05, 4.69) is 37.2 Å². The SMILES string of the molecule is O=C(Cc1ccccc1)NC1C(=O)N2C(C(=O)OC(c3ccccc3)c3ccccc3)=C(C=C(Br)Br)CS[C@H]12. The number of thioether (sulfide) groups is 1. The molecule has 3 aromatic carbocycles. The molecular formula is C30H24Br2N2O4S. The van der Waals surface area contributed by atoms with Gasteiger partial charge in [0, 0.05) is 5.75 Å². The lowest BCUT2D eigenvalue weighted by Crippen LogP contribution is -2.70. The number of allylic oxidation sites excluding steroid dienone is 1. The van der Waals surface area contributed by atoms with Gasteiger partial charge in [0.15, 0.2) is 6.10 Å². The average molecular weight is 668 g/mol. The van der Waals surface area contributed by atoms with E-state index in [9.17, 15) is 14.4 Å². The van der Waals surface area contributed by atoms with Gasteiger partial charge in [-0.15, -0.1) is 11.8 Å². The maximum Gasteiger partial charge on any atom is 0.356 e. The van der Waals surface area contributed by atoms with Gasteiger partial charge < -0.3 is 10.1 Å². The van der Waals surface area contributed by atoms with Crippen molar-refractivity contribution in [2.24, 2.45) is 0 Å². The van der Waals surface area contributed by atoms with Crippen molar-refractivity contribution >= 4 is 61.4 Å². The Kier molecular flexibility index (Phi) is 8.69. The fourth-order valence-corrected chi connectivity index (χ4v) is 6.49. The second kappa shape index (κ2) is 12.4. The molecule has 9 heteroatoms. The van der Waals surface area contributed by atoms with Crippen LogP contribution in [0, 0.1) is 0 Å². The molecule has 198 valence electrons. The minimum absolute atomic E-state index is 0.174. The Labute approximate surface area is 247 Å². The summed E-state index contributed by atoms with van der Waals surface area (Å²) in [7, 11) is 0. The van der Waals surface area contributed by atoms with Gasteiger partial charge in [-0.1, -0.05) is 91.0 Å². The third kappa shape index (κ3) is 6.21. The zero-order valence-corrected chi connectivity index (χ0v) is 24.6. The number of β-lactam (4-membered cyclic amide) rings is 1. The highest BCUT2D eigenvalue weighted by molar-refractivity contribution is 9.28. The van der Waals surface area contributed by atoms with E-state index in [-0.39, 0.29) is 23.9 Å². The lowest BCUT2D eigenvalue weighted by molar-refractivity contribution is -0.154. The van der Waals surface area contributed by atoms with Gasteiger partial charge in [-0.25, -0.2) is 4.79 Å². The molecule has 0 aliphatic carbocycles. The van der Waals surface area contributed by atoms with Crippen LogP contribution in [0.3, 0.4) is 0 Å². The number of carbonyl (C=O) groups excluding carboxylic acids is 3. The van der Waals surface area contributed by atoms with Gasteiger partial charge in [0.05, 0.1) is 9.81 Å². The molecule has 1 saturated heterocycles. The molecule has 39 heavy (non-hydrogen) atoms. The summed E-state index contributed by atoms with van der Waals surface area (Å²) in [6, 6.07) is 27.6. The van der Waals surface area contributed by atoms with Gasteiger partial charge in [-0.2, -0.15) is 0 Å². The predicted molar refractivity (Wildman–Crippen MR) is 159 cm³/mol. The predicted octanol–water partition coefficient (Wildman–Crippen LogP) is 5.85. The third-order valence-electron chi connectivity index (χ3n) is 6.43. The number of carbonyl (C=O) groups is 3. The van der Waals surface area contributed by atoms with E-state index in [0.717, 1.165) is 16.7 Å². The molecule has 3 aromatic rings. The molecule has 0 radical (unpaired) electrons. The largest absolute Gasteiger partial charge is 0.448 e. The molecule has 0 spiro atoms. The Hall–Kier alpha value is -3.14. The molecule has 1 N–H and O–H groups in total. The molecule has 6 nitrogen and oxygen atoms in total. The monoisotopic (exact) mass is 666 g/mol. The smallest absolute Gasteiger partial charge is 0.356 e. The van der Waals surface area contributed by atoms with Crippen LogP contribution in [0.4, 0.5) is 0 Å². The molecule has 2 atom stereocenters. The first-order chi connectivity index (χ1) is 18.9. The minimum Gasteiger partial charge on any atom is -0.448 e.